The molecule has 3 aromatic carbocycles. The number of carboxylic acid groups (broad SMARTS) is 1. The summed E-state index contributed by atoms with van der Waals surface area (Å²) in [4.78, 5) is 41.0. The average Bonchev–Trinajstić information content (AvgIpc) is 3.47. The third-order valence-electron chi connectivity index (χ3n) is 7.58. The van der Waals surface area contributed by atoms with Crippen LogP contribution in [0.5, 0.6) is 5.75 Å². The van der Waals surface area contributed by atoms with Gasteiger partial charge < -0.3 is 24.5 Å². The van der Waals surface area contributed by atoms with Crippen LogP contribution in [0.15, 0.2) is 77.4 Å². The van der Waals surface area contributed by atoms with Gasteiger partial charge in [0.2, 0.25) is 11.8 Å². The van der Waals surface area contributed by atoms with Gasteiger partial charge in [0, 0.05) is 23.9 Å². The molecule has 0 aliphatic carbocycles. The number of hydrogen-bond donors (Lipinski definition) is 2. The summed E-state index contributed by atoms with van der Waals surface area (Å²) < 4.78 is 11.4. The number of benzene rings is 3. The molecule has 9 nitrogen and oxygen atoms in total. The van der Waals surface area contributed by atoms with E-state index < -0.39 is 24.1 Å². The van der Waals surface area contributed by atoms with Gasteiger partial charge in [0.1, 0.15) is 23.6 Å². The van der Waals surface area contributed by atoms with Crippen molar-refractivity contribution < 1.29 is 28.6 Å². The van der Waals surface area contributed by atoms with Crippen molar-refractivity contribution in [1.82, 2.24) is 10.2 Å². The van der Waals surface area contributed by atoms with Crippen LogP contribution in [0.25, 0.3) is 22.1 Å². The molecule has 0 saturated carbocycles. The van der Waals surface area contributed by atoms with Gasteiger partial charge in [-0.1, -0.05) is 36.4 Å². The Bertz CT molecular complexity index is 1560. The number of fused-ring (bicyclic) bond motifs is 2. The molecule has 5 rings (SSSR count). The number of nitrogens with one attached hydrogen (secondary N) is 1. The molecule has 1 aliphatic heterocycles. The first-order chi connectivity index (χ1) is 19.3. The second-order valence-corrected chi connectivity index (χ2v) is 9.85. The van der Waals surface area contributed by atoms with Gasteiger partial charge in [-0.2, -0.15) is 0 Å². The van der Waals surface area contributed by atoms with Crippen molar-refractivity contribution in [3.8, 4) is 17.1 Å². The highest BCUT2D eigenvalue weighted by atomic mass is 16.5. The van der Waals surface area contributed by atoms with Gasteiger partial charge in [0.05, 0.1) is 19.9 Å². The maximum atomic E-state index is 14.1. The van der Waals surface area contributed by atoms with E-state index in [0.717, 1.165) is 43.8 Å². The van der Waals surface area contributed by atoms with E-state index in [4.69, 9.17) is 9.15 Å². The van der Waals surface area contributed by atoms with Gasteiger partial charge in [-0.05, 0) is 66.4 Å². The Balaban J connectivity index is 1.55. The zero-order chi connectivity index (χ0) is 28.4. The molecule has 2 atom stereocenters. The summed E-state index contributed by atoms with van der Waals surface area (Å²) in [6, 6.07) is 19.5. The lowest BCUT2D eigenvalue weighted by Gasteiger charge is -2.29. The smallest absolute Gasteiger partial charge is 0.407 e. The summed E-state index contributed by atoms with van der Waals surface area (Å²) in [6.07, 6.45) is 1.37. The average molecular weight is 542 g/mol. The number of aryl methyl sites for hydroxylation is 1. The standard InChI is InChI=1S/C31H31N3O6/c1-19(33(2)31(37)38)29(35)32-25-15-13-20-8-4-5-11-26(20)34(30(25)36)18-24-21-9-6-10-23(28-12-7-17-40-28)22(21)14-16-27(24)39-3/h4-12,14,16-17,19,25H,13,15,18H2,1-3H3,(H,32,35)(H,37,38)/t19-,25-/m0/s1. The van der Waals surface area contributed by atoms with E-state index in [1.165, 1.54) is 14.0 Å². The van der Waals surface area contributed by atoms with Crippen LogP contribution in [0.1, 0.15) is 24.5 Å². The molecule has 0 bridgehead atoms. The highest BCUT2D eigenvalue weighted by Gasteiger charge is 2.34. The second kappa shape index (κ2) is 11.1. The maximum absolute atomic E-state index is 14.1. The molecule has 206 valence electrons. The summed E-state index contributed by atoms with van der Waals surface area (Å²) in [7, 11) is 2.93. The molecule has 40 heavy (non-hydrogen) atoms. The van der Waals surface area contributed by atoms with Crippen LogP contribution in [0.3, 0.4) is 0 Å². The van der Waals surface area contributed by atoms with E-state index in [1.54, 1.807) is 18.3 Å². The van der Waals surface area contributed by atoms with Crippen molar-refractivity contribution in [2.45, 2.75) is 38.4 Å². The Kier molecular flexibility index (Phi) is 7.46. The molecule has 0 unspecified atom stereocenters. The van der Waals surface area contributed by atoms with Crippen molar-refractivity contribution >= 4 is 34.4 Å². The normalized spacial score (nSPS) is 15.7. The second-order valence-electron chi connectivity index (χ2n) is 9.85. The minimum Gasteiger partial charge on any atom is -0.496 e. The summed E-state index contributed by atoms with van der Waals surface area (Å²) >= 11 is 0. The van der Waals surface area contributed by atoms with E-state index in [-0.39, 0.29) is 12.5 Å². The molecular formula is C31H31N3O6. The molecule has 0 saturated heterocycles. The van der Waals surface area contributed by atoms with Gasteiger partial charge in [-0.3, -0.25) is 14.5 Å². The molecule has 0 fully saturated rings. The van der Waals surface area contributed by atoms with E-state index in [1.807, 2.05) is 66.7 Å². The Morgan fingerprint density at radius 2 is 1.90 bits per heavy atom. The van der Waals surface area contributed by atoms with Gasteiger partial charge in [-0.15, -0.1) is 0 Å². The van der Waals surface area contributed by atoms with Crippen LogP contribution in [0.2, 0.25) is 0 Å². The number of hydrogen-bond acceptors (Lipinski definition) is 5. The molecule has 0 radical (unpaired) electrons. The number of carbonyl (C=O) groups excluding carboxylic acids is 2. The maximum Gasteiger partial charge on any atom is 0.407 e. The predicted octanol–water partition coefficient (Wildman–Crippen LogP) is 5.07. The van der Waals surface area contributed by atoms with Crippen molar-refractivity contribution in [2.24, 2.45) is 0 Å². The van der Waals surface area contributed by atoms with Gasteiger partial charge in [-0.25, -0.2) is 4.79 Å². The summed E-state index contributed by atoms with van der Waals surface area (Å²) in [5, 5.41) is 14.0. The molecule has 9 heteroatoms. The molecule has 1 aromatic heterocycles. The van der Waals surface area contributed by atoms with E-state index in [9.17, 15) is 19.5 Å². The van der Waals surface area contributed by atoms with Crippen LogP contribution in [-0.4, -0.2) is 54.2 Å². The number of anilines is 1. The number of likely N-dealkylation sites (N-methyl/N-ethyl adjacent to an activating group) is 1. The van der Waals surface area contributed by atoms with Crippen molar-refractivity contribution in [2.75, 3.05) is 19.1 Å². The van der Waals surface area contributed by atoms with Crippen molar-refractivity contribution in [3.05, 3.63) is 84.1 Å². The van der Waals surface area contributed by atoms with E-state index >= 15 is 0 Å². The predicted molar refractivity (Wildman–Crippen MR) is 151 cm³/mol. The fourth-order valence-electron chi connectivity index (χ4n) is 5.21. The highest BCUT2D eigenvalue weighted by Crippen LogP contribution is 2.37. The quantitative estimate of drug-likeness (QED) is 0.338. The van der Waals surface area contributed by atoms with Crippen molar-refractivity contribution in [3.63, 3.8) is 0 Å². The molecule has 4 aromatic rings. The van der Waals surface area contributed by atoms with Gasteiger partial charge in [0.25, 0.3) is 0 Å². The lowest BCUT2D eigenvalue weighted by atomic mass is 9.97. The zero-order valence-corrected chi connectivity index (χ0v) is 22.6. The number of furan rings is 1. The fraction of sp³-hybridized carbons (Fsp3) is 0.258. The SMILES string of the molecule is COc1ccc2c(-c3ccco3)cccc2c1CN1C(=O)[C@@H](NC(=O)[C@H](C)N(C)C(=O)O)CCc2ccccc21. The number of para-hydroxylation sites is 1. The number of rotatable bonds is 7. The van der Waals surface area contributed by atoms with E-state index in [0.29, 0.717) is 18.6 Å². The molecule has 0 spiro atoms. The van der Waals surface area contributed by atoms with Crippen LogP contribution in [0.4, 0.5) is 10.5 Å². The van der Waals surface area contributed by atoms with Gasteiger partial charge in [0.15, 0.2) is 0 Å². The topological polar surface area (TPSA) is 112 Å². The Hall–Kier alpha value is -4.79. The van der Waals surface area contributed by atoms with Crippen LogP contribution in [0, 0.1) is 0 Å². The first-order valence-corrected chi connectivity index (χ1v) is 13.1. The molecule has 3 amide bonds. The summed E-state index contributed by atoms with van der Waals surface area (Å²) in [5.74, 6) is 0.571. The fourth-order valence-corrected chi connectivity index (χ4v) is 5.21. The minimum atomic E-state index is -1.22. The lowest BCUT2D eigenvalue weighted by Crippen LogP contribution is -2.53. The monoisotopic (exact) mass is 541 g/mol. The third kappa shape index (κ3) is 4.98. The van der Waals surface area contributed by atoms with Crippen LogP contribution >= 0.6 is 0 Å². The number of carbonyl (C=O) groups is 3. The number of methoxy groups -OCH3 is 1. The van der Waals surface area contributed by atoms with Crippen molar-refractivity contribution in [1.29, 1.82) is 0 Å². The molecule has 1 aliphatic rings. The lowest BCUT2D eigenvalue weighted by molar-refractivity contribution is -0.130. The Labute approximate surface area is 231 Å². The van der Waals surface area contributed by atoms with Gasteiger partial charge >= 0.3 is 6.09 Å². The Morgan fingerprint density at radius 3 is 2.62 bits per heavy atom. The first-order valence-electron chi connectivity index (χ1n) is 13.1. The molecular weight excluding hydrogens is 510 g/mol. The first kappa shape index (κ1) is 26.8. The highest BCUT2D eigenvalue weighted by molar-refractivity contribution is 6.03. The summed E-state index contributed by atoms with van der Waals surface area (Å²) in [6.45, 7) is 1.70. The third-order valence-corrected chi connectivity index (χ3v) is 7.58. The minimum absolute atomic E-state index is 0.203. The van der Waals surface area contributed by atoms with Crippen LogP contribution in [-0.2, 0) is 22.6 Å². The number of nitrogens with zero attached hydrogens (tertiary/aromatic N) is 2. The number of amides is 3. The molecule has 2 heterocycles. The van der Waals surface area contributed by atoms with Crippen LogP contribution < -0.4 is 15.0 Å². The Morgan fingerprint density at radius 1 is 1.10 bits per heavy atom. The molecule has 2 N–H and O–H groups in total. The van der Waals surface area contributed by atoms with E-state index in [2.05, 4.69) is 5.32 Å². The number of ether oxygens (including phenoxy) is 1. The zero-order valence-electron chi connectivity index (χ0n) is 22.6. The summed E-state index contributed by atoms with van der Waals surface area (Å²) in [5.41, 5.74) is 3.50. The largest absolute Gasteiger partial charge is 0.496 e.